The van der Waals surface area contributed by atoms with Crippen LogP contribution in [0.4, 0.5) is 0 Å². The summed E-state index contributed by atoms with van der Waals surface area (Å²) < 4.78 is 16.8. The van der Waals surface area contributed by atoms with Gasteiger partial charge in [0, 0.05) is 12.0 Å². The summed E-state index contributed by atoms with van der Waals surface area (Å²) in [5, 5.41) is 0. The van der Waals surface area contributed by atoms with E-state index in [4.69, 9.17) is 19.9 Å². The monoisotopic (exact) mass is 293 g/mol. The standard InChI is InChI=1S/C17H27NO3/c1-16(2)10-12(17(3,4)21-16)15(18)11-7-8-13(19-5)14(9-11)20-6/h7-9,12,15H,10,18H2,1-6H3. The van der Waals surface area contributed by atoms with Gasteiger partial charge >= 0.3 is 0 Å². The number of methoxy groups -OCH3 is 2. The molecule has 118 valence electrons. The normalized spacial score (nSPS) is 24.6. The number of rotatable bonds is 4. The maximum absolute atomic E-state index is 6.54. The molecule has 4 heteroatoms. The van der Waals surface area contributed by atoms with Gasteiger partial charge in [-0.15, -0.1) is 0 Å². The van der Waals surface area contributed by atoms with Crippen LogP contribution in [0, 0.1) is 5.92 Å². The van der Waals surface area contributed by atoms with E-state index in [-0.39, 0.29) is 23.2 Å². The molecule has 2 unspecified atom stereocenters. The maximum Gasteiger partial charge on any atom is 0.161 e. The Kier molecular flexibility index (Phi) is 4.22. The summed E-state index contributed by atoms with van der Waals surface area (Å²) >= 11 is 0. The van der Waals surface area contributed by atoms with Crippen LogP contribution in [0.3, 0.4) is 0 Å². The van der Waals surface area contributed by atoms with Gasteiger partial charge in [0.1, 0.15) is 0 Å². The van der Waals surface area contributed by atoms with Crippen LogP contribution in [0.15, 0.2) is 18.2 Å². The van der Waals surface area contributed by atoms with Crippen LogP contribution in [0.2, 0.25) is 0 Å². The molecular formula is C17H27NO3. The molecule has 1 aliphatic heterocycles. The molecule has 0 amide bonds. The van der Waals surface area contributed by atoms with Crippen molar-refractivity contribution in [3.05, 3.63) is 23.8 Å². The van der Waals surface area contributed by atoms with E-state index < -0.39 is 0 Å². The van der Waals surface area contributed by atoms with Gasteiger partial charge in [-0.3, -0.25) is 0 Å². The van der Waals surface area contributed by atoms with Crippen LogP contribution < -0.4 is 15.2 Å². The third kappa shape index (κ3) is 3.16. The molecule has 2 N–H and O–H groups in total. The first kappa shape index (κ1) is 16.1. The van der Waals surface area contributed by atoms with Gasteiger partial charge in [0.25, 0.3) is 0 Å². The predicted molar refractivity (Wildman–Crippen MR) is 83.8 cm³/mol. The molecule has 0 aliphatic carbocycles. The molecule has 1 heterocycles. The minimum Gasteiger partial charge on any atom is -0.493 e. The molecular weight excluding hydrogens is 266 g/mol. The van der Waals surface area contributed by atoms with Gasteiger partial charge in [0.05, 0.1) is 25.4 Å². The highest BCUT2D eigenvalue weighted by molar-refractivity contribution is 5.44. The first-order valence-electron chi connectivity index (χ1n) is 7.38. The Morgan fingerprint density at radius 1 is 1.14 bits per heavy atom. The molecule has 2 rings (SSSR count). The number of ether oxygens (including phenoxy) is 3. The third-order valence-electron chi connectivity index (χ3n) is 4.37. The third-order valence-corrected chi connectivity index (χ3v) is 4.37. The van der Waals surface area contributed by atoms with E-state index in [0.29, 0.717) is 5.75 Å². The zero-order valence-corrected chi connectivity index (χ0v) is 13.9. The van der Waals surface area contributed by atoms with E-state index in [9.17, 15) is 0 Å². The van der Waals surface area contributed by atoms with Gasteiger partial charge in [-0.2, -0.15) is 0 Å². The van der Waals surface area contributed by atoms with Crippen LogP contribution in [-0.4, -0.2) is 25.4 Å². The molecule has 0 saturated carbocycles. The molecule has 0 radical (unpaired) electrons. The Morgan fingerprint density at radius 3 is 2.24 bits per heavy atom. The molecule has 1 aromatic rings. The van der Waals surface area contributed by atoms with E-state index in [1.807, 2.05) is 18.2 Å². The second-order valence-electron chi connectivity index (χ2n) is 6.92. The molecule has 2 atom stereocenters. The molecule has 1 aromatic carbocycles. The summed E-state index contributed by atoms with van der Waals surface area (Å²) in [5.41, 5.74) is 7.21. The number of benzene rings is 1. The van der Waals surface area contributed by atoms with E-state index in [2.05, 4.69) is 27.7 Å². The second-order valence-corrected chi connectivity index (χ2v) is 6.92. The molecule has 1 fully saturated rings. The molecule has 1 saturated heterocycles. The molecule has 0 bridgehead atoms. The van der Waals surface area contributed by atoms with Gasteiger partial charge in [-0.05, 0) is 51.8 Å². The summed E-state index contributed by atoms with van der Waals surface area (Å²) in [7, 11) is 3.27. The van der Waals surface area contributed by atoms with Gasteiger partial charge < -0.3 is 19.9 Å². The Labute approximate surface area is 127 Å². The van der Waals surface area contributed by atoms with Crippen molar-refractivity contribution in [2.24, 2.45) is 11.7 Å². The van der Waals surface area contributed by atoms with Crippen LogP contribution in [-0.2, 0) is 4.74 Å². The SMILES string of the molecule is COc1ccc(C(N)C2CC(C)(C)OC2(C)C)cc1OC. The van der Waals surface area contributed by atoms with Crippen molar-refractivity contribution in [2.45, 2.75) is 51.4 Å². The van der Waals surface area contributed by atoms with Crippen molar-refractivity contribution in [1.82, 2.24) is 0 Å². The Bertz CT molecular complexity index is 511. The lowest BCUT2D eigenvalue weighted by molar-refractivity contribution is -0.0767. The molecule has 0 spiro atoms. The largest absolute Gasteiger partial charge is 0.493 e. The highest BCUT2D eigenvalue weighted by atomic mass is 16.5. The van der Waals surface area contributed by atoms with Crippen molar-refractivity contribution in [3.8, 4) is 11.5 Å². The minimum atomic E-state index is -0.240. The average molecular weight is 293 g/mol. The highest BCUT2D eigenvalue weighted by Crippen LogP contribution is 2.47. The zero-order chi connectivity index (χ0) is 15.8. The van der Waals surface area contributed by atoms with E-state index >= 15 is 0 Å². The van der Waals surface area contributed by atoms with Crippen LogP contribution in [0.25, 0.3) is 0 Å². The van der Waals surface area contributed by atoms with Crippen molar-refractivity contribution < 1.29 is 14.2 Å². The Hall–Kier alpha value is -1.26. The van der Waals surface area contributed by atoms with Crippen LogP contribution >= 0.6 is 0 Å². The van der Waals surface area contributed by atoms with Gasteiger partial charge in [-0.1, -0.05) is 6.07 Å². The first-order valence-corrected chi connectivity index (χ1v) is 7.38. The highest BCUT2D eigenvalue weighted by Gasteiger charge is 2.48. The summed E-state index contributed by atoms with van der Waals surface area (Å²) in [6.07, 6.45) is 0.940. The fraction of sp³-hybridized carbons (Fsp3) is 0.647. The number of nitrogens with two attached hydrogens (primary N) is 1. The molecule has 0 aromatic heterocycles. The topological polar surface area (TPSA) is 53.7 Å². The smallest absolute Gasteiger partial charge is 0.161 e. The number of hydrogen-bond acceptors (Lipinski definition) is 4. The van der Waals surface area contributed by atoms with Gasteiger partial charge in [0.2, 0.25) is 0 Å². The summed E-state index contributed by atoms with van der Waals surface area (Å²) in [6, 6.07) is 5.78. The van der Waals surface area contributed by atoms with Gasteiger partial charge in [-0.25, -0.2) is 0 Å². The van der Waals surface area contributed by atoms with Crippen LogP contribution in [0.1, 0.15) is 45.7 Å². The minimum absolute atomic E-state index is 0.0958. The molecule has 4 nitrogen and oxygen atoms in total. The van der Waals surface area contributed by atoms with Crippen molar-refractivity contribution in [1.29, 1.82) is 0 Å². The van der Waals surface area contributed by atoms with Gasteiger partial charge in [0.15, 0.2) is 11.5 Å². The Balaban J connectivity index is 2.30. The lowest BCUT2D eigenvalue weighted by atomic mass is 9.79. The lowest BCUT2D eigenvalue weighted by Crippen LogP contribution is -2.35. The fourth-order valence-electron chi connectivity index (χ4n) is 3.46. The summed E-state index contributed by atoms with van der Waals surface area (Å²) in [4.78, 5) is 0. The predicted octanol–water partition coefficient (Wildman–Crippen LogP) is 3.30. The fourth-order valence-corrected chi connectivity index (χ4v) is 3.46. The second kappa shape index (κ2) is 5.50. The number of hydrogen-bond donors (Lipinski definition) is 1. The van der Waals surface area contributed by atoms with Crippen LogP contribution in [0.5, 0.6) is 11.5 Å². The lowest BCUT2D eigenvalue weighted by Gasteiger charge is -2.31. The zero-order valence-electron chi connectivity index (χ0n) is 13.9. The summed E-state index contributed by atoms with van der Waals surface area (Å²) in [6.45, 7) is 8.48. The van der Waals surface area contributed by atoms with Crippen molar-refractivity contribution in [2.75, 3.05) is 14.2 Å². The van der Waals surface area contributed by atoms with E-state index in [0.717, 1.165) is 17.7 Å². The van der Waals surface area contributed by atoms with E-state index in [1.54, 1.807) is 14.2 Å². The van der Waals surface area contributed by atoms with E-state index in [1.165, 1.54) is 0 Å². The van der Waals surface area contributed by atoms with Crippen molar-refractivity contribution >= 4 is 0 Å². The molecule has 1 aliphatic rings. The first-order chi connectivity index (χ1) is 9.70. The maximum atomic E-state index is 6.54. The summed E-state index contributed by atoms with van der Waals surface area (Å²) in [5.74, 6) is 1.68. The Morgan fingerprint density at radius 2 is 1.76 bits per heavy atom. The quantitative estimate of drug-likeness (QED) is 0.925. The average Bonchev–Trinajstić information content (AvgIpc) is 2.64. The molecule has 21 heavy (non-hydrogen) atoms. The van der Waals surface area contributed by atoms with Crippen molar-refractivity contribution in [3.63, 3.8) is 0 Å².